The zero-order valence-electron chi connectivity index (χ0n) is 20.1. The second-order valence-electron chi connectivity index (χ2n) is 9.94. The maximum absolute atomic E-state index is 13.2. The molecule has 0 radical (unpaired) electrons. The summed E-state index contributed by atoms with van der Waals surface area (Å²) in [5.74, 6) is 0.768. The molecule has 176 valence electrons. The molecule has 1 aliphatic heterocycles. The third-order valence-electron chi connectivity index (χ3n) is 7.22. The topological polar surface area (TPSA) is 66.5 Å². The van der Waals surface area contributed by atoms with Gasteiger partial charge in [-0.2, -0.15) is 0 Å². The van der Waals surface area contributed by atoms with Crippen molar-refractivity contribution in [3.05, 3.63) is 35.4 Å². The number of hydrogen-bond donors (Lipinski definition) is 1. The van der Waals surface area contributed by atoms with E-state index >= 15 is 0 Å². The van der Waals surface area contributed by atoms with Gasteiger partial charge in [0.15, 0.2) is 5.78 Å². The van der Waals surface area contributed by atoms with Gasteiger partial charge in [-0.15, -0.1) is 0 Å². The van der Waals surface area contributed by atoms with E-state index in [-0.39, 0.29) is 35.5 Å². The first-order valence-corrected chi connectivity index (χ1v) is 12.6. The lowest BCUT2D eigenvalue weighted by molar-refractivity contribution is -0.132. The van der Waals surface area contributed by atoms with Gasteiger partial charge in [0.05, 0.1) is 6.04 Å². The van der Waals surface area contributed by atoms with Crippen LogP contribution in [0.5, 0.6) is 0 Å². The van der Waals surface area contributed by atoms with Gasteiger partial charge in [-0.05, 0) is 61.6 Å². The number of rotatable bonds is 8. The van der Waals surface area contributed by atoms with Crippen molar-refractivity contribution in [2.45, 2.75) is 90.5 Å². The van der Waals surface area contributed by atoms with E-state index in [1.54, 1.807) is 0 Å². The molecule has 3 rings (SSSR count). The normalized spacial score (nSPS) is 19.1. The predicted molar refractivity (Wildman–Crippen MR) is 128 cm³/mol. The second-order valence-corrected chi connectivity index (χ2v) is 9.94. The van der Waals surface area contributed by atoms with E-state index in [2.05, 4.69) is 11.4 Å². The van der Waals surface area contributed by atoms with Crippen LogP contribution in [0.3, 0.4) is 0 Å². The van der Waals surface area contributed by atoms with Gasteiger partial charge in [0.1, 0.15) is 0 Å². The standard InChI is InChI=1S/C27H40N2O3/c1-4-9-24(30)29-16-14-20(15-17-29)22-12-8-13-23(18-22)27(32)28-25(26(31)19(2)3)21-10-6-5-7-11-21/h8,12-13,18-21,25H,4-7,9-11,14-17H2,1-3H3,(H,28,32)/t25-/m1/s1. The van der Waals surface area contributed by atoms with E-state index in [0.29, 0.717) is 17.9 Å². The Morgan fingerprint density at radius 3 is 2.34 bits per heavy atom. The quantitative estimate of drug-likeness (QED) is 0.612. The minimum atomic E-state index is -0.390. The van der Waals surface area contributed by atoms with Crippen LogP contribution in [0.15, 0.2) is 24.3 Å². The highest BCUT2D eigenvalue weighted by atomic mass is 16.2. The number of likely N-dealkylation sites (tertiary alicyclic amines) is 1. The molecule has 5 nitrogen and oxygen atoms in total. The van der Waals surface area contributed by atoms with Gasteiger partial charge in [0.2, 0.25) is 5.91 Å². The largest absolute Gasteiger partial charge is 0.343 e. The summed E-state index contributed by atoms with van der Waals surface area (Å²) >= 11 is 0. The molecule has 1 aromatic rings. The molecule has 0 aromatic heterocycles. The molecule has 5 heteroatoms. The second kappa shape index (κ2) is 11.6. The van der Waals surface area contributed by atoms with E-state index < -0.39 is 0 Å². The molecule has 1 saturated carbocycles. The van der Waals surface area contributed by atoms with Gasteiger partial charge in [-0.25, -0.2) is 0 Å². The number of Topliss-reactive ketones (excluding diaryl/α,β-unsaturated/α-hetero) is 1. The molecular formula is C27H40N2O3. The summed E-state index contributed by atoms with van der Waals surface area (Å²) in [7, 11) is 0. The fraction of sp³-hybridized carbons (Fsp3) is 0.667. The predicted octanol–water partition coefficient (Wildman–Crippen LogP) is 5.10. The summed E-state index contributed by atoms with van der Waals surface area (Å²) < 4.78 is 0. The fourth-order valence-corrected chi connectivity index (χ4v) is 5.24. The molecule has 1 saturated heterocycles. The monoisotopic (exact) mass is 440 g/mol. The SMILES string of the molecule is CCCC(=O)N1CCC(c2cccc(C(=O)N[C@@H](C(=O)C(C)C)C3CCCCC3)c2)CC1. The summed E-state index contributed by atoms with van der Waals surface area (Å²) in [5, 5.41) is 3.11. The van der Waals surface area contributed by atoms with Crippen molar-refractivity contribution < 1.29 is 14.4 Å². The summed E-state index contributed by atoms with van der Waals surface area (Å²) in [5.41, 5.74) is 1.79. The van der Waals surface area contributed by atoms with Crippen LogP contribution in [0.2, 0.25) is 0 Å². The Balaban J connectivity index is 1.66. The third kappa shape index (κ3) is 6.20. The molecule has 2 amide bonds. The van der Waals surface area contributed by atoms with Gasteiger partial charge in [-0.1, -0.05) is 52.2 Å². The number of benzene rings is 1. The molecule has 1 heterocycles. The summed E-state index contributed by atoms with van der Waals surface area (Å²) in [4.78, 5) is 40.2. The maximum atomic E-state index is 13.2. The zero-order chi connectivity index (χ0) is 23.1. The van der Waals surface area contributed by atoms with Crippen LogP contribution in [-0.4, -0.2) is 41.6 Å². The molecule has 1 atom stereocenters. The molecule has 1 aromatic carbocycles. The number of ketones is 1. The average Bonchev–Trinajstić information content (AvgIpc) is 2.82. The Labute approximate surface area is 193 Å². The highest BCUT2D eigenvalue weighted by molar-refractivity contribution is 5.98. The summed E-state index contributed by atoms with van der Waals surface area (Å²) in [6.45, 7) is 7.44. The van der Waals surface area contributed by atoms with E-state index in [9.17, 15) is 14.4 Å². The average molecular weight is 441 g/mol. The van der Waals surface area contributed by atoms with Crippen molar-refractivity contribution >= 4 is 17.6 Å². The van der Waals surface area contributed by atoms with Gasteiger partial charge < -0.3 is 10.2 Å². The lowest BCUT2D eigenvalue weighted by Crippen LogP contribution is -2.48. The minimum absolute atomic E-state index is 0.0887. The van der Waals surface area contributed by atoms with E-state index in [1.165, 1.54) is 6.42 Å². The highest BCUT2D eigenvalue weighted by Crippen LogP contribution is 2.30. The number of nitrogens with zero attached hydrogens (tertiary/aromatic N) is 1. The van der Waals surface area contributed by atoms with Crippen molar-refractivity contribution in [3.63, 3.8) is 0 Å². The maximum Gasteiger partial charge on any atom is 0.251 e. The van der Waals surface area contributed by atoms with E-state index in [0.717, 1.165) is 63.6 Å². The number of carbonyl (C=O) groups excluding carboxylic acids is 3. The van der Waals surface area contributed by atoms with Gasteiger partial charge >= 0.3 is 0 Å². The van der Waals surface area contributed by atoms with Crippen LogP contribution in [0.1, 0.15) is 100 Å². The van der Waals surface area contributed by atoms with Crippen molar-refractivity contribution in [3.8, 4) is 0 Å². The number of carbonyl (C=O) groups is 3. The third-order valence-corrected chi connectivity index (χ3v) is 7.22. The lowest BCUT2D eigenvalue weighted by Gasteiger charge is -2.32. The summed E-state index contributed by atoms with van der Waals surface area (Å²) in [6.07, 6.45) is 8.88. The zero-order valence-corrected chi connectivity index (χ0v) is 20.1. The van der Waals surface area contributed by atoms with Crippen LogP contribution >= 0.6 is 0 Å². The Kier molecular flexibility index (Phi) is 8.89. The van der Waals surface area contributed by atoms with Gasteiger partial charge in [0.25, 0.3) is 5.91 Å². The Morgan fingerprint density at radius 1 is 1.03 bits per heavy atom. The Bertz CT molecular complexity index is 790. The molecule has 0 unspecified atom stereocenters. The van der Waals surface area contributed by atoms with Gasteiger partial charge in [-0.3, -0.25) is 14.4 Å². The minimum Gasteiger partial charge on any atom is -0.343 e. The van der Waals surface area contributed by atoms with Crippen molar-refractivity contribution in [1.29, 1.82) is 0 Å². The highest BCUT2D eigenvalue weighted by Gasteiger charge is 2.32. The fourth-order valence-electron chi connectivity index (χ4n) is 5.24. The van der Waals surface area contributed by atoms with Crippen LogP contribution < -0.4 is 5.32 Å². The molecule has 2 aliphatic rings. The first-order chi connectivity index (χ1) is 15.4. The van der Waals surface area contributed by atoms with Crippen molar-refractivity contribution in [2.75, 3.05) is 13.1 Å². The molecule has 1 N–H and O–H groups in total. The number of piperidine rings is 1. The molecule has 1 aliphatic carbocycles. The Hall–Kier alpha value is -2.17. The first-order valence-electron chi connectivity index (χ1n) is 12.6. The van der Waals surface area contributed by atoms with Crippen LogP contribution in [-0.2, 0) is 9.59 Å². The van der Waals surface area contributed by atoms with Crippen molar-refractivity contribution in [2.24, 2.45) is 11.8 Å². The Morgan fingerprint density at radius 2 is 1.72 bits per heavy atom. The number of amides is 2. The number of hydrogen-bond acceptors (Lipinski definition) is 3. The van der Waals surface area contributed by atoms with Crippen LogP contribution in [0.25, 0.3) is 0 Å². The van der Waals surface area contributed by atoms with Gasteiger partial charge in [0, 0.05) is 31.0 Å². The summed E-state index contributed by atoms with van der Waals surface area (Å²) in [6, 6.07) is 7.47. The van der Waals surface area contributed by atoms with Crippen molar-refractivity contribution in [1.82, 2.24) is 10.2 Å². The molecular weight excluding hydrogens is 400 g/mol. The molecule has 32 heavy (non-hydrogen) atoms. The number of nitrogens with one attached hydrogen (secondary N) is 1. The molecule has 0 bridgehead atoms. The smallest absolute Gasteiger partial charge is 0.251 e. The molecule has 2 fully saturated rings. The first kappa shape index (κ1) is 24.5. The van der Waals surface area contributed by atoms with Crippen LogP contribution in [0.4, 0.5) is 0 Å². The molecule has 0 spiro atoms. The van der Waals surface area contributed by atoms with E-state index in [4.69, 9.17) is 0 Å². The van der Waals surface area contributed by atoms with E-state index in [1.807, 2.05) is 43.9 Å². The lowest BCUT2D eigenvalue weighted by atomic mass is 9.80. The van der Waals surface area contributed by atoms with Crippen LogP contribution in [0, 0.1) is 11.8 Å².